The number of carbonyl (C=O) groups is 1. The molecule has 1 saturated heterocycles. The topological polar surface area (TPSA) is 66.9 Å². The fraction of sp³-hybridized carbons (Fsp3) is 0.409. The third-order valence-corrected chi connectivity index (χ3v) is 7.71. The third kappa shape index (κ3) is 4.02. The van der Waals surface area contributed by atoms with E-state index in [4.69, 9.17) is 4.74 Å². The molecule has 0 unspecified atom stereocenters. The minimum atomic E-state index is -3.53. The predicted octanol–water partition coefficient (Wildman–Crippen LogP) is 2.31. The molecular formula is C22H26N2O4S. The van der Waals surface area contributed by atoms with Gasteiger partial charge in [-0.3, -0.25) is 4.79 Å². The summed E-state index contributed by atoms with van der Waals surface area (Å²) in [7, 11) is -3.53. The molecule has 7 heteroatoms. The Hall–Kier alpha value is -2.38. The van der Waals surface area contributed by atoms with Crippen molar-refractivity contribution in [2.45, 2.75) is 31.6 Å². The second kappa shape index (κ2) is 7.80. The Labute approximate surface area is 172 Å². The van der Waals surface area contributed by atoms with Crippen LogP contribution in [0.3, 0.4) is 0 Å². The molecule has 2 aromatic rings. The number of piperazine rings is 1. The molecule has 1 amide bonds. The Morgan fingerprint density at radius 1 is 1.00 bits per heavy atom. The summed E-state index contributed by atoms with van der Waals surface area (Å²) in [6.45, 7) is 6.04. The van der Waals surface area contributed by atoms with E-state index in [1.54, 1.807) is 17.0 Å². The summed E-state index contributed by atoms with van der Waals surface area (Å²) in [6, 6.07) is 11.1. The highest BCUT2D eigenvalue weighted by molar-refractivity contribution is 7.89. The van der Waals surface area contributed by atoms with E-state index in [9.17, 15) is 13.2 Å². The minimum Gasteiger partial charge on any atom is -0.493 e. The number of nitrogens with zero attached hydrogens (tertiary/aromatic N) is 2. The van der Waals surface area contributed by atoms with E-state index in [0.717, 1.165) is 34.4 Å². The summed E-state index contributed by atoms with van der Waals surface area (Å²) < 4.78 is 32.9. The molecule has 4 rings (SSSR count). The highest BCUT2D eigenvalue weighted by Crippen LogP contribution is 2.26. The highest BCUT2D eigenvalue weighted by Gasteiger charge is 2.30. The molecule has 0 radical (unpaired) electrons. The number of hydrogen-bond donors (Lipinski definition) is 0. The molecule has 2 heterocycles. The maximum absolute atomic E-state index is 12.9. The lowest BCUT2D eigenvalue weighted by molar-refractivity contribution is -0.131. The van der Waals surface area contributed by atoms with Crippen molar-refractivity contribution in [3.8, 4) is 5.75 Å². The fourth-order valence-electron chi connectivity index (χ4n) is 3.84. The molecule has 154 valence electrons. The van der Waals surface area contributed by atoms with Gasteiger partial charge < -0.3 is 9.64 Å². The first-order chi connectivity index (χ1) is 13.8. The van der Waals surface area contributed by atoms with Crippen LogP contribution in [0.25, 0.3) is 0 Å². The molecule has 0 aromatic heterocycles. The molecule has 0 aliphatic carbocycles. The molecule has 0 atom stereocenters. The predicted molar refractivity (Wildman–Crippen MR) is 111 cm³/mol. The molecule has 0 spiro atoms. The van der Waals surface area contributed by atoms with Crippen molar-refractivity contribution < 1.29 is 17.9 Å². The molecule has 0 N–H and O–H groups in total. The van der Waals surface area contributed by atoms with Gasteiger partial charge in [0.25, 0.3) is 0 Å². The summed E-state index contributed by atoms with van der Waals surface area (Å²) >= 11 is 0. The smallest absolute Gasteiger partial charge is 0.243 e. The van der Waals surface area contributed by atoms with Gasteiger partial charge in [0.2, 0.25) is 15.9 Å². The maximum Gasteiger partial charge on any atom is 0.243 e. The Morgan fingerprint density at radius 3 is 2.48 bits per heavy atom. The summed E-state index contributed by atoms with van der Waals surface area (Å²) in [5, 5.41) is 0. The molecule has 0 saturated carbocycles. The van der Waals surface area contributed by atoms with Crippen LogP contribution in [0.1, 0.15) is 22.3 Å². The Bertz CT molecular complexity index is 1040. The van der Waals surface area contributed by atoms with Crippen LogP contribution in [-0.2, 0) is 27.7 Å². The largest absolute Gasteiger partial charge is 0.493 e. The first-order valence-corrected chi connectivity index (χ1v) is 11.4. The first-order valence-electron chi connectivity index (χ1n) is 9.94. The molecular weight excluding hydrogens is 388 g/mol. The van der Waals surface area contributed by atoms with Crippen molar-refractivity contribution >= 4 is 15.9 Å². The number of benzene rings is 2. The van der Waals surface area contributed by atoms with E-state index in [1.165, 1.54) is 4.31 Å². The lowest BCUT2D eigenvalue weighted by Crippen LogP contribution is -2.50. The number of rotatable bonds is 4. The van der Waals surface area contributed by atoms with Crippen LogP contribution in [0.5, 0.6) is 5.75 Å². The maximum atomic E-state index is 12.9. The summed E-state index contributed by atoms with van der Waals surface area (Å²) in [5.74, 6) is 0.943. The molecule has 6 nitrogen and oxygen atoms in total. The van der Waals surface area contributed by atoms with Gasteiger partial charge in [-0.05, 0) is 54.3 Å². The Kier molecular flexibility index (Phi) is 5.36. The van der Waals surface area contributed by atoms with Crippen LogP contribution in [0.15, 0.2) is 41.3 Å². The number of sulfonamides is 1. The Balaban J connectivity index is 1.38. The van der Waals surface area contributed by atoms with E-state index >= 15 is 0 Å². The quantitative estimate of drug-likeness (QED) is 0.770. The summed E-state index contributed by atoms with van der Waals surface area (Å²) in [4.78, 5) is 14.8. The lowest BCUT2D eigenvalue weighted by Gasteiger charge is -2.34. The fourth-order valence-corrected chi connectivity index (χ4v) is 5.35. The van der Waals surface area contributed by atoms with Gasteiger partial charge in [0.1, 0.15) is 5.75 Å². The zero-order chi connectivity index (χ0) is 20.6. The number of amides is 1. The van der Waals surface area contributed by atoms with Gasteiger partial charge in [-0.1, -0.05) is 18.2 Å². The van der Waals surface area contributed by atoms with Gasteiger partial charge in [0.05, 0.1) is 17.9 Å². The molecule has 1 fully saturated rings. The highest BCUT2D eigenvalue weighted by atomic mass is 32.2. The van der Waals surface area contributed by atoms with Crippen molar-refractivity contribution in [1.82, 2.24) is 9.21 Å². The molecule has 29 heavy (non-hydrogen) atoms. The van der Waals surface area contributed by atoms with Crippen molar-refractivity contribution in [2.24, 2.45) is 0 Å². The van der Waals surface area contributed by atoms with Gasteiger partial charge >= 0.3 is 0 Å². The lowest BCUT2D eigenvalue weighted by atomic mass is 10.1. The van der Waals surface area contributed by atoms with Crippen LogP contribution < -0.4 is 4.74 Å². The normalized spacial score (nSPS) is 17.1. The van der Waals surface area contributed by atoms with Gasteiger partial charge in [-0.25, -0.2) is 8.42 Å². The number of aryl methyl sites for hydroxylation is 2. The van der Waals surface area contributed by atoms with Gasteiger partial charge in [0, 0.05) is 32.6 Å². The van der Waals surface area contributed by atoms with E-state index in [-0.39, 0.29) is 5.91 Å². The van der Waals surface area contributed by atoms with Crippen LogP contribution in [0.4, 0.5) is 0 Å². The van der Waals surface area contributed by atoms with Crippen LogP contribution in [0.2, 0.25) is 0 Å². The SMILES string of the molecule is Cc1ccc(S(=O)(=O)N2CCN(C(=O)Cc3ccc4c(c3)CCO4)CC2)cc1C. The average Bonchev–Trinajstić information content (AvgIpc) is 3.18. The first kappa shape index (κ1) is 19.9. The molecule has 2 aromatic carbocycles. The van der Waals surface area contributed by atoms with Gasteiger partial charge in [0.15, 0.2) is 0 Å². The third-order valence-electron chi connectivity index (χ3n) is 5.82. The van der Waals surface area contributed by atoms with E-state index in [0.29, 0.717) is 44.1 Å². The van der Waals surface area contributed by atoms with Crippen molar-refractivity contribution in [1.29, 1.82) is 0 Å². The number of hydrogen-bond acceptors (Lipinski definition) is 4. The Morgan fingerprint density at radius 2 is 1.76 bits per heavy atom. The molecule has 2 aliphatic heterocycles. The van der Waals surface area contributed by atoms with E-state index < -0.39 is 10.0 Å². The average molecular weight is 415 g/mol. The van der Waals surface area contributed by atoms with Crippen LogP contribution in [-0.4, -0.2) is 56.3 Å². The van der Waals surface area contributed by atoms with Crippen LogP contribution >= 0.6 is 0 Å². The molecule has 0 bridgehead atoms. The minimum absolute atomic E-state index is 0.0343. The second-order valence-corrected chi connectivity index (χ2v) is 9.69. The number of carbonyl (C=O) groups excluding carboxylic acids is 1. The zero-order valence-electron chi connectivity index (χ0n) is 16.8. The van der Waals surface area contributed by atoms with Crippen molar-refractivity contribution in [3.63, 3.8) is 0 Å². The van der Waals surface area contributed by atoms with Crippen molar-refractivity contribution in [3.05, 3.63) is 58.7 Å². The van der Waals surface area contributed by atoms with Gasteiger partial charge in [-0.15, -0.1) is 0 Å². The summed E-state index contributed by atoms with van der Waals surface area (Å²) in [5.41, 5.74) is 4.15. The standard InChI is InChI=1S/C22H26N2O4S/c1-16-3-5-20(13-17(16)2)29(26,27)24-10-8-23(9-11-24)22(25)15-18-4-6-21-19(14-18)7-12-28-21/h3-6,13-14H,7-12,15H2,1-2H3. The number of ether oxygens (including phenoxy) is 1. The summed E-state index contributed by atoms with van der Waals surface area (Å²) in [6.07, 6.45) is 1.21. The zero-order valence-corrected chi connectivity index (χ0v) is 17.7. The monoisotopic (exact) mass is 414 g/mol. The molecule has 2 aliphatic rings. The van der Waals surface area contributed by atoms with Crippen LogP contribution in [0, 0.1) is 13.8 Å². The van der Waals surface area contributed by atoms with E-state index in [2.05, 4.69) is 0 Å². The van der Waals surface area contributed by atoms with Crippen molar-refractivity contribution in [2.75, 3.05) is 32.8 Å². The van der Waals surface area contributed by atoms with E-state index in [1.807, 2.05) is 38.1 Å². The van der Waals surface area contributed by atoms with Gasteiger partial charge in [-0.2, -0.15) is 4.31 Å². The number of fused-ring (bicyclic) bond motifs is 1. The second-order valence-electron chi connectivity index (χ2n) is 7.75.